The van der Waals surface area contributed by atoms with E-state index in [2.05, 4.69) is 31.0 Å². The molecular formula is C13H28N2. The van der Waals surface area contributed by atoms with Gasteiger partial charge in [-0.3, -0.25) is 0 Å². The van der Waals surface area contributed by atoms with Crippen LogP contribution in [0.25, 0.3) is 0 Å². The van der Waals surface area contributed by atoms with Gasteiger partial charge in [0, 0.05) is 12.1 Å². The number of rotatable bonds is 6. The third-order valence-corrected chi connectivity index (χ3v) is 3.57. The highest BCUT2D eigenvalue weighted by molar-refractivity contribution is 4.83. The zero-order valence-corrected chi connectivity index (χ0v) is 10.8. The van der Waals surface area contributed by atoms with Crippen LogP contribution < -0.4 is 5.32 Å². The molecule has 1 fully saturated rings. The van der Waals surface area contributed by atoms with E-state index in [1.807, 2.05) is 0 Å². The van der Waals surface area contributed by atoms with Crippen molar-refractivity contribution in [2.24, 2.45) is 0 Å². The summed E-state index contributed by atoms with van der Waals surface area (Å²) in [4.78, 5) is 2.67. The van der Waals surface area contributed by atoms with Crippen molar-refractivity contribution in [3.8, 4) is 0 Å². The maximum atomic E-state index is 3.61. The third-order valence-electron chi connectivity index (χ3n) is 3.57. The molecule has 0 aromatic carbocycles. The predicted octanol–water partition coefficient (Wildman–Crippen LogP) is 2.64. The lowest BCUT2D eigenvalue weighted by atomic mass is 9.90. The summed E-state index contributed by atoms with van der Waals surface area (Å²) in [5.74, 6) is 0. The molecule has 0 aromatic rings. The Bertz CT molecular complexity index is 157. The van der Waals surface area contributed by atoms with Gasteiger partial charge in [-0.25, -0.2) is 0 Å². The van der Waals surface area contributed by atoms with E-state index in [9.17, 15) is 0 Å². The molecule has 1 N–H and O–H groups in total. The maximum Gasteiger partial charge on any atom is 0.0110 e. The topological polar surface area (TPSA) is 15.3 Å². The van der Waals surface area contributed by atoms with Crippen molar-refractivity contribution in [1.82, 2.24) is 10.2 Å². The Kier molecular flexibility index (Phi) is 6.26. The zero-order chi connectivity index (χ0) is 11.1. The summed E-state index contributed by atoms with van der Waals surface area (Å²) < 4.78 is 0. The van der Waals surface area contributed by atoms with Crippen LogP contribution in [0.1, 0.15) is 52.9 Å². The Morgan fingerprint density at radius 3 is 2.60 bits per heavy atom. The lowest BCUT2D eigenvalue weighted by molar-refractivity contribution is 0.146. The number of nitrogens with zero attached hydrogens (tertiary/aromatic N) is 1. The average Bonchev–Trinajstić information content (AvgIpc) is 2.27. The standard InChI is InChI=1S/C13H28N2/c1-4-10-15(6-3)13-9-7-8-12(11-13)14-5-2/h12-14H,4-11H2,1-3H3. The van der Waals surface area contributed by atoms with E-state index in [1.165, 1.54) is 45.2 Å². The molecule has 2 atom stereocenters. The summed E-state index contributed by atoms with van der Waals surface area (Å²) in [6, 6.07) is 1.62. The fraction of sp³-hybridized carbons (Fsp3) is 1.00. The molecule has 2 unspecified atom stereocenters. The normalized spacial score (nSPS) is 27.2. The summed E-state index contributed by atoms with van der Waals surface area (Å²) in [5.41, 5.74) is 0. The van der Waals surface area contributed by atoms with Gasteiger partial charge >= 0.3 is 0 Å². The fourth-order valence-corrected chi connectivity index (χ4v) is 2.86. The minimum atomic E-state index is 0.777. The second-order valence-electron chi connectivity index (χ2n) is 4.70. The summed E-state index contributed by atoms with van der Waals surface area (Å²) in [5, 5.41) is 3.61. The van der Waals surface area contributed by atoms with E-state index in [0.717, 1.165) is 18.6 Å². The van der Waals surface area contributed by atoms with Crippen LogP contribution in [0, 0.1) is 0 Å². The second kappa shape index (κ2) is 7.24. The van der Waals surface area contributed by atoms with Gasteiger partial charge in [0.25, 0.3) is 0 Å². The molecule has 1 aliphatic carbocycles. The van der Waals surface area contributed by atoms with Gasteiger partial charge in [0.05, 0.1) is 0 Å². The van der Waals surface area contributed by atoms with Gasteiger partial charge in [-0.2, -0.15) is 0 Å². The molecule has 0 spiro atoms. The van der Waals surface area contributed by atoms with Crippen molar-refractivity contribution in [3.05, 3.63) is 0 Å². The van der Waals surface area contributed by atoms with Crippen molar-refractivity contribution < 1.29 is 0 Å². The van der Waals surface area contributed by atoms with Crippen molar-refractivity contribution >= 4 is 0 Å². The molecule has 1 saturated carbocycles. The maximum absolute atomic E-state index is 3.61. The Balaban J connectivity index is 2.39. The molecule has 1 rings (SSSR count). The molecule has 15 heavy (non-hydrogen) atoms. The van der Waals surface area contributed by atoms with Crippen molar-refractivity contribution in [2.75, 3.05) is 19.6 Å². The molecule has 0 heterocycles. The predicted molar refractivity (Wildman–Crippen MR) is 67.3 cm³/mol. The van der Waals surface area contributed by atoms with Crippen LogP contribution in [0.3, 0.4) is 0 Å². The second-order valence-corrected chi connectivity index (χ2v) is 4.70. The Hall–Kier alpha value is -0.0800. The van der Waals surface area contributed by atoms with E-state index in [-0.39, 0.29) is 0 Å². The zero-order valence-electron chi connectivity index (χ0n) is 10.8. The van der Waals surface area contributed by atoms with E-state index < -0.39 is 0 Å². The first kappa shape index (κ1) is 13.0. The van der Waals surface area contributed by atoms with E-state index >= 15 is 0 Å². The fourth-order valence-electron chi connectivity index (χ4n) is 2.86. The average molecular weight is 212 g/mol. The first-order chi connectivity index (χ1) is 7.31. The molecule has 0 aliphatic heterocycles. The van der Waals surface area contributed by atoms with Crippen molar-refractivity contribution in [2.45, 2.75) is 65.0 Å². The van der Waals surface area contributed by atoms with Gasteiger partial charge in [-0.05, 0) is 45.3 Å². The summed E-state index contributed by atoms with van der Waals surface area (Å²) in [6.45, 7) is 10.4. The van der Waals surface area contributed by atoms with Crippen LogP contribution in [0.15, 0.2) is 0 Å². The van der Waals surface area contributed by atoms with E-state index in [1.54, 1.807) is 0 Å². The smallest absolute Gasteiger partial charge is 0.0110 e. The molecule has 0 radical (unpaired) electrons. The first-order valence-electron chi connectivity index (χ1n) is 6.79. The van der Waals surface area contributed by atoms with Crippen LogP contribution in [0.4, 0.5) is 0 Å². The van der Waals surface area contributed by atoms with Crippen LogP contribution in [-0.4, -0.2) is 36.6 Å². The van der Waals surface area contributed by atoms with E-state index in [0.29, 0.717) is 0 Å². The van der Waals surface area contributed by atoms with Crippen molar-refractivity contribution in [3.63, 3.8) is 0 Å². The highest BCUT2D eigenvalue weighted by atomic mass is 15.2. The molecular weight excluding hydrogens is 184 g/mol. The van der Waals surface area contributed by atoms with Gasteiger partial charge in [0.15, 0.2) is 0 Å². The van der Waals surface area contributed by atoms with Crippen LogP contribution in [0.5, 0.6) is 0 Å². The molecule has 90 valence electrons. The summed E-state index contributed by atoms with van der Waals surface area (Å²) in [7, 11) is 0. The Morgan fingerprint density at radius 1 is 1.20 bits per heavy atom. The highest BCUT2D eigenvalue weighted by Crippen LogP contribution is 2.23. The summed E-state index contributed by atoms with van der Waals surface area (Å²) in [6.07, 6.45) is 6.85. The van der Waals surface area contributed by atoms with Gasteiger partial charge in [0.1, 0.15) is 0 Å². The highest BCUT2D eigenvalue weighted by Gasteiger charge is 2.24. The lowest BCUT2D eigenvalue weighted by Gasteiger charge is -2.37. The van der Waals surface area contributed by atoms with Crippen LogP contribution >= 0.6 is 0 Å². The molecule has 0 saturated heterocycles. The Labute approximate surface area is 95.4 Å². The molecule has 1 aliphatic rings. The van der Waals surface area contributed by atoms with Gasteiger partial charge in [-0.1, -0.05) is 27.2 Å². The number of nitrogens with one attached hydrogen (secondary N) is 1. The third kappa shape index (κ3) is 4.12. The molecule has 0 aromatic heterocycles. The minimum Gasteiger partial charge on any atom is -0.314 e. The lowest BCUT2D eigenvalue weighted by Crippen LogP contribution is -2.44. The number of hydrogen-bond acceptors (Lipinski definition) is 2. The summed E-state index contributed by atoms with van der Waals surface area (Å²) >= 11 is 0. The van der Waals surface area contributed by atoms with Crippen LogP contribution in [-0.2, 0) is 0 Å². The quantitative estimate of drug-likeness (QED) is 0.728. The van der Waals surface area contributed by atoms with Gasteiger partial charge in [-0.15, -0.1) is 0 Å². The van der Waals surface area contributed by atoms with Gasteiger partial charge < -0.3 is 10.2 Å². The van der Waals surface area contributed by atoms with Crippen LogP contribution in [0.2, 0.25) is 0 Å². The molecule has 0 amide bonds. The monoisotopic (exact) mass is 212 g/mol. The first-order valence-corrected chi connectivity index (χ1v) is 6.79. The molecule has 0 bridgehead atoms. The molecule has 2 nitrogen and oxygen atoms in total. The van der Waals surface area contributed by atoms with E-state index in [4.69, 9.17) is 0 Å². The Morgan fingerprint density at radius 2 is 2.00 bits per heavy atom. The van der Waals surface area contributed by atoms with Crippen molar-refractivity contribution in [1.29, 1.82) is 0 Å². The number of hydrogen-bond donors (Lipinski definition) is 1. The molecule has 2 heteroatoms. The largest absolute Gasteiger partial charge is 0.314 e. The van der Waals surface area contributed by atoms with Gasteiger partial charge in [0.2, 0.25) is 0 Å². The SMILES string of the molecule is CCCN(CC)C1CCCC(NCC)C1. The minimum absolute atomic E-state index is 0.777.